The van der Waals surface area contributed by atoms with Crippen LogP contribution in [0.3, 0.4) is 0 Å². The number of aliphatic hydroxyl groups is 1. The van der Waals surface area contributed by atoms with Gasteiger partial charge in [-0.3, -0.25) is 4.90 Å². The van der Waals surface area contributed by atoms with Crippen molar-refractivity contribution in [1.29, 1.82) is 0 Å². The molecular formula is C21H27FN2O2. The second-order valence-corrected chi connectivity index (χ2v) is 6.74. The number of benzene rings is 2. The largest absolute Gasteiger partial charge is 0.497 e. The third-order valence-electron chi connectivity index (χ3n) is 5.09. The molecule has 2 aromatic carbocycles. The van der Waals surface area contributed by atoms with Gasteiger partial charge < -0.3 is 14.7 Å². The van der Waals surface area contributed by atoms with Gasteiger partial charge in [0.25, 0.3) is 0 Å². The molecule has 3 rings (SSSR count). The second kappa shape index (κ2) is 9.01. The van der Waals surface area contributed by atoms with E-state index in [9.17, 15) is 9.50 Å². The average Bonchev–Trinajstić information content (AvgIpc) is 2.69. The number of rotatable bonds is 7. The second-order valence-electron chi connectivity index (χ2n) is 6.74. The van der Waals surface area contributed by atoms with Gasteiger partial charge in [-0.25, -0.2) is 4.39 Å². The van der Waals surface area contributed by atoms with E-state index < -0.39 is 0 Å². The average molecular weight is 358 g/mol. The van der Waals surface area contributed by atoms with Crippen LogP contribution in [0.5, 0.6) is 5.75 Å². The van der Waals surface area contributed by atoms with E-state index in [1.54, 1.807) is 7.11 Å². The molecule has 1 fully saturated rings. The number of methoxy groups -OCH3 is 1. The fourth-order valence-corrected chi connectivity index (χ4v) is 3.64. The molecule has 0 unspecified atom stereocenters. The van der Waals surface area contributed by atoms with E-state index in [1.165, 1.54) is 17.8 Å². The molecular weight excluding hydrogens is 331 g/mol. The van der Waals surface area contributed by atoms with Gasteiger partial charge >= 0.3 is 0 Å². The van der Waals surface area contributed by atoms with Crippen LogP contribution in [0, 0.1) is 5.82 Å². The number of hydrogen-bond donors (Lipinski definition) is 1. The predicted molar refractivity (Wildman–Crippen MR) is 102 cm³/mol. The van der Waals surface area contributed by atoms with Crippen molar-refractivity contribution < 1.29 is 14.2 Å². The van der Waals surface area contributed by atoms with Crippen LogP contribution in [-0.4, -0.2) is 49.4 Å². The van der Waals surface area contributed by atoms with Gasteiger partial charge in [-0.05, 0) is 42.7 Å². The number of anilines is 1. The maximum atomic E-state index is 13.1. The SMILES string of the molecule is COc1cccc(N2CCC(N(CCO)Cc3ccc(F)cc3)CC2)c1. The molecule has 1 aliphatic heterocycles. The van der Waals surface area contributed by atoms with E-state index in [2.05, 4.69) is 21.9 Å². The van der Waals surface area contributed by atoms with Gasteiger partial charge in [0.05, 0.1) is 13.7 Å². The van der Waals surface area contributed by atoms with Crippen LogP contribution < -0.4 is 9.64 Å². The molecule has 0 saturated carbocycles. The Labute approximate surface area is 154 Å². The Morgan fingerprint density at radius 3 is 2.54 bits per heavy atom. The number of halogens is 1. The molecule has 140 valence electrons. The Hall–Kier alpha value is -2.11. The lowest BCUT2D eigenvalue weighted by Gasteiger charge is -2.39. The van der Waals surface area contributed by atoms with Gasteiger partial charge in [-0.1, -0.05) is 18.2 Å². The van der Waals surface area contributed by atoms with E-state index in [4.69, 9.17) is 4.74 Å². The summed E-state index contributed by atoms with van der Waals surface area (Å²) in [6.07, 6.45) is 2.08. The highest BCUT2D eigenvalue weighted by Gasteiger charge is 2.24. The van der Waals surface area contributed by atoms with Crippen LogP contribution >= 0.6 is 0 Å². The van der Waals surface area contributed by atoms with Crippen LogP contribution in [0.4, 0.5) is 10.1 Å². The van der Waals surface area contributed by atoms with Gasteiger partial charge in [0.1, 0.15) is 11.6 Å². The van der Waals surface area contributed by atoms with Crippen LogP contribution in [0.1, 0.15) is 18.4 Å². The lowest BCUT2D eigenvalue weighted by molar-refractivity contribution is 0.126. The van der Waals surface area contributed by atoms with Gasteiger partial charge in [0, 0.05) is 44.0 Å². The minimum atomic E-state index is -0.214. The minimum absolute atomic E-state index is 0.136. The highest BCUT2D eigenvalue weighted by molar-refractivity contribution is 5.51. The van der Waals surface area contributed by atoms with E-state index in [1.807, 2.05) is 24.3 Å². The highest BCUT2D eigenvalue weighted by atomic mass is 19.1. The fourth-order valence-electron chi connectivity index (χ4n) is 3.64. The van der Waals surface area contributed by atoms with Crippen molar-refractivity contribution in [2.45, 2.75) is 25.4 Å². The quantitative estimate of drug-likeness (QED) is 0.824. The molecule has 1 heterocycles. The summed E-state index contributed by atoms with van der Waals surface area (Å²) in [5.41, 5.74) is 2.27. The Kier molecular flexibility index (Phi) is 6.47. The number of aliphatic hydroxyl groups excluding tert-OH is 1. The molecule has 0 spiro atoms. The molecule has 0 aliphatic carbocycles. The van der Waals surface area contributed by atoms with Crippen molar-refractivity contribution in [3.05, 3.63) is 59.9 Å². The van der Waals surface area contributed by atoms with Crippen molar-refractivity contribution in [2.75, 3.05) is 38.3 Å². The summed E-state index contributed by atoms with van der Waals surface area (Å²) in [4.78, 5) is 4.70. The van der Waals surface area contributed by atoms with Crippen molar-refractivity contribution >= 4 is 5.69 Å². The van der Waals surface area contributed by atoms with Crippen LogP contribution in [0.2, 0.25) is 0 Å². The van der Waals surface area contributed by atoms with Gasteiger partial charge in [-0.15, -0.1) is 0 Å². The van der Waals surface area contributed by atoms with Crippen LogP contribution in [0.25, 0.3) is 0 Å². The van der Waals surface area contributed by atoms with Crippen molar-refractivity contribution in [3.63, 3.8) is 0 Å². The van der Waals surface area contributed by atoms with E-state index in [0.717, 1.165) is 43.8 Å². The number of ether oxygens (including phenoxy) is 1. The van der Waals surface area contributed by atoms with Crippen molar-refractivity contribution in [1.82, 2.24) is 4.90 Å². The first kappa shape index (κ1) is 18.7. The number of piperidine rings is 1. The zero-order valence-corrected chi connectivity index (χ0v) is 15.3. The van der Waals surface area contributed by atoms with Gasteiger partial charge in [0.2, 0.25) is 0 Å². The maximum Gasteiger partial charge on any atom is 0.123 e. The third kappa shape index (κ3) is 4.74. The molecule has 4 nitrogen and oxygen atoms in total. The van der Waals surface area contributed by atoms with Gasteiger partial charge in [-0.2, -0.15) is 0 Å². The molecule has 5 heteroatoms. The predicted octanol–water partition coefficient (Wildman–Crippen LogP) is 3.30. The summed E-state index contributed by atoms with van der Waals surface area (Å²) in [5, 5.41) is 9.45. The number of nitrogens with zero attached hydrogens (tertiary/aromatic N) is 2. The van der Waals surface area contributed by atoms with E-state index in [-0.39, 0.29) is 12.4 Å². The van der Waals surface area contributed by atoms with Crippen LogP contribution in [-0.2, 0) is 6.54 Å². The first-order chi connectivity index (χ1) is 12.7. The molecule has 1 N–H and O–H groups in total. The molecule has 2 aromatic rings. The summed E-state index contributed by atoms with van der Waals surface area (Å²) in [5.74, 6) is 0.664. The molecule has 0 bridgehead atoms. The molecule has 1 saturated heterocycles. The third-order valence-corrected chi connectivity index (χ3v) is 5.09. The topological polar surface area (TPSA) is 35.9 Å². The zero-order valence-electron chi connectivity index (χ0n) is 15.3. The maximum absolute atomic E-state index is 13.1. The molecule has 1 aliphatic rings. The lowest BCUT2D eigenvalue weighted by Crippen LogP contribution is -2.45. The zero-order chi connectivity index (χ0) is 18.4. The Bertz CT molecular complexity index is 685. The van der Waals surface area contributed by atoms with Gasteiger partial charge in [0.15, 0.2) is 0 Å². The molecule has 0 radical (unpaired) electrons. The van der Waals surface area contributed by atoms with E-state index in [0.29, 0.717) is 12.6 Å². The van der Waals surface area contributed by atoms with Crippen molar-refractivity contribution in [3.8, 4) is 5.75 Å². The number of hydrogen-bond acceptors (Lipinski definition) is 4. The summed E-state index contributed by atoms with van der Waals surface area (Å²) < 4.78 is 18.4. The summed E-state index contributed by atoms with van der Waals surface area (Å²) >= 11 is 0. The highest BCUT2D eigenvalue weighted by Crippen LogP contribution is 2.26. The minimum Gasteiger partial charge on any atom is -0.497 e. The molecule has 0 aromatic heterocycles. The van der Waals surface area contributed by atoms with E-state index >= 15 is 0 Å². The fraction of sp³-hybridized carbons (Fsp3) is 0.429. The monoisotopic (exact) mass is 358 g/mol. The standard InChI is InChI=1S/C21H27FN2O2/c1-26-21-4-2-3-20(15-21)23-11-9-19(10-12-23)24(13-14-25)16-17-5-7-18(22)8-6-17/h2-8,15,19,25H,9-14,16H2,1H3. The summed E-state index contributed by atoms with van der Waals surface area (Å²) in [7, 11) is 1.69. The Balaban J connectivity index is 1.61. The van der Waals surface area contributed by atoms with Crippen molar-refractivity contribution in [2.24, 2.45) is 0 Å². The summed E-state index contributed by atoms with van der Waals surface area (Å²) in [6, 6.07) is 15.2. The first-order valence-electron chi connectivity index (χ1n) is 9.18. The first-order valence-corrected chi connectivity index (χ1v) is 9.18. The normalized spacial score (nSPS) is 15.5. The molecule has 26 heavy (non-hydrogen) atoms. The molecule has 0 atom stereocenters. The molecule has 0 amide bonds. The Morgan fingerprint density at radius 2 is 1.88 bits per heavy atom. The van der Waals surface area contributed by atoms with Crippen LogP contribution in [0.15, 0.2) is 48.5 Å². The smallest absolute Gasteiger partial charge is 0.123 e. The lowest BCUT2D eigenvalue weighted by atomic mass is 10.0. The Morgan fingerprint density at radius 1 is 1.15 bits per heavy atom. The summed E-state index contributed by atoms with van der Waals surface area (Å²) in [6.45, 7) is 3.47.